The minimum Gasteiger partial charge on any atom is -0.260 e. The van der Waals surface area contributed by atoms with Crippen molar-refractivity contribution in [2.45, 2.75) is 0 Å². The Labute approximate surface area is 180 Å². The molecule has 31 heavy (non-hydrogen) atoms. The normalized spacial score (nSPS) is 11.9. The van der Waals surface area contributed by atoms with Crippen LogP contribution in [0.4, 0.5) is 5.69 Å². The van der Waals surface area contributed by atoms with Gasteiger partial charge in [0.25, 0.3) is 0 Å². The van der Waals surface area contributed by atoms with Crippen molar-refractivity contribution in [2.24, 2.45) is 10.1 Å². The molecule has 4 aromatic carbocycles. The lowest BCUT2D eigenvalue weighted by Crippen LogP contribution is -2.20. The second-order valence-electron chi connectivity index (χ2n) is 7.11. The molecule has 4 heteroatoms. The first-order valence-electron chi connectivity index (χ1n) is 10.1. The molecule has 148 valence electrons. The Morgan fingerprint density at radius 3 is 2.03 bits per heavy atom. The number of fused-ring (bicyclic) bond motifs is 2. The third kappa shape index (κ3) is 4.05. The number of nitrogens with one attached hydrogen (secondary N) is 1. The number of amidine groups is 1. The first-order valence-corrected chi connectivity index (χ1v) is 10.1. The van der Waals surface area contributed by atoms with E-state index < -0.39 is 0 Å². The van der Waals surface area contributed by atoms with E-state index >= 15 is 0 Å². The maximum atomic E-state index is 4.71. The van der Waals surface area contributed by atoms with E-state index in [1.54, 1.807) is 6.20 Å². The van der Waals surface area contributed by atoms with Gasteiger partial charge in [-0.2, -0.15) is 5.10 Å². The number of nitrogens with zero attached hydrogens (tertiary/aromatic N) is 3. The maximum absolute atomic E-state index is 4.71. The van der Waals surface area contributed by atoms with Crippen LogP contribution < -0.4 is 5.43 Å². The summed E-state index contributed by atoms with van der Waals surface area (Å²) in [6.45, 7) is 0. The molecule has 1 heterocycles. The lowest BCUT2D eigenvalue weighted by atomic mass is 9.97. The van der Waals surface area contributed by atoms with Gasteiger partial charge in [-0.15, -0.1) is 0 Å². The maximum Gasteiger partial charge on any atom is 0.172 e. The first-order chi connectivity index (χ1) is 15.4. The number of hydrogen-bond acceptors (Lipinski definition) is 3. The molecule has 0 fully saturated rings. The predicted octanol–water partition coefficient (Wildman–Crippen LogP) is 6.09. The summed E-state index contributed by atoms with van der Waals surface area (Å²) in [6.07, 6.45) is 3.62. The zero-order valence-electron chi connectivity index (χ0n) is 16.8. The van der Waals surface area contributed by atoms with Gasteiger partial charge in [-0.05, 0) is 51.9 Å². The molecule has 5 rings (SSSR count). The lowest BCUT2D eigenvalue weighted by Gasteiger charge is -2.09. The molecule has 0 unspecified atom stereocenters. The molecule has 0 bridgehead atoms. The Kier molecular flexibility index (Phi) is 5.18. The average molecular weight is 400 g/mol. The Balaban J connectivity index is 1.56. The summed E-state index contributed by atoms with van der Waals surface area (Å²) in [7, 11) is 0. The molecule has 5 aromatic rings. The van der Waals surface area contributed by atoms with Crippen molar-refractivity contribution in [3.63, 3.8) is 0 Å². The summed E-state index contributed by atoms with van der Waals surface area (Å²) < 4.78 is 0. The van der Waals surface area contributed by atoms with Crippen LogP contribution in [0.15, 0.2) is 119 Å². The Bertz CT molecular complexity index is 1340. The Morgan fingerprint density at radius 2 is 1.35 bits per heavy atom. The van der Waals surface area contributed by atoms with Crippen molar-refractivity contribution in [1.29, 1.82) is 0 Å². The second kappa shape index (κ2) is 8.59. The zero-order chi connectivity index (χ0) is 20.9. The van der Waals surface area contributed by atoms with Crippen LogP contribution in [0.2, 0.25) is 0 Å². The number of benzene rings is 4. The van der Waals surface area contributed by atoms with E-state index in [0.717, 1.165) is 27.7 Å². The zero-order valence-corrected chi connectivity index (χ0v) is 16.8. The van der Waals surface area contributed by atoms with E-state index in [0.29, 0.717) is 5.84 Å². The molecule has 1 N–H and O–H groups in total. The number of pyridine rings is 1. The van der Waals surface area contributed by atoms with Gasteiger partial charge in [0.05, 0.1) is 11.9 Å². The van der Waals surface area contributed by atoms with Crippen LogP contribution in [0.5, 0.6) is 0 Å². The van der Waals surface area contributed by atoms with Crippen molar-refractivity contribution >= 4 is 39.3 Å². The third-order valence-electron chi connectivity index (χ3n) is 5.08. The van der Waals surface area contributed by atoms with E-state index in [1.807, 2.05) is 54.7 Å². The highest BCUT2D eigenvalue weighted by Crippen LogP contribution is 2.27. The van der Waals surface area contributed by atoms with E-state index in [2.05, 4.69) is 70.1 Å². The quantitative estimate of drug-likeness (QED) is 0.172. The molecule has 0 radical (unpaired) electrons. The fraction of sp³-hybridized carbons (Fsp3) is 0. The molecule has 0 atom stereocenters. The fourth-order valence-corrected chi connectivity index (χ4v) is 3.62. The van der Waals surface area contributed by atoms with Crippen molar-refractivity contribution in [3.05, 3.63) is 121 Å². The Hall–Kier alpha value is -4.31. The van der Waals surface area contributed by atoms with E-state index in [9.17, 15) is 0 Å². The highest BCUT2D eigenvalue weighted by molar-refractivity contribution is 6.13. The molecule has 4 nitrogen and oxygen atoms in total. The molecule has 1 aromatic heterocycles. The van der Waals surface area contributed by atoms with Crippen LogP contribution in [0.1, 0.15) is 11.3 Å². The van der Waals surface area contributed by atoms with E-state index in [4.69, 9.17) is 4.99 Å². The van der Waals surface area contributed by atoms with Crippen molar-refractivity contribution < 1.29 is 0 Å². The minimum atomic E-state index is 0.590. The fourth-order valence-electron chi connectivity index (χ4n) is 3.62. The molecule has 0 saturated heterocycles. The number of hydrogen-bond donors (Lipinski definition) is 1. The molecular weight excluding hydrogens is 380 g/mol. The second-order valence-corrected chi connectivity index (χ2v) is 7.11. The SMILES string of the molecule is C(=N/NC(=Nc1ccccc1)c1ccccn1)/c1c2ccccc2cc2ccccc12. The minimum absolute atomic E-state index is 0.590. The van der Waals surface area contributed by atoms with Crippen LogP contribution in [0, 0.1) is 0 Å². The van der Waals surface area contributed by atoms with Gasteiger partial charge >= 0.3 is 0 Å². The topological polar surface area (TPSA) is 49.6 Å². The van der Waals surface area contributed by atoms with Gasteiger partial charge in [0.15, 0.2) is 5.84 Å². The molecule has 0 aliphatic carbocycles. The number of aromatic nitrogens is 1. The molecule has 0 saturated carbocycles. The first kappa shape index (κ1) is 18.7. The lowest BCUT2D eigenvalue weighted by molar-refractivity contribution is 1.02. The predicted molar refractivity (Wildman–Crippen MR) is 129 cm³/mol. The molecule has 0 aliphatic rings. The van der Waals surface area contributed by atoms with Crippen LogP contribution in [-0.4, -0.2) is 17.0 Å². The molecule has 0 spiro atoms. The molecule has 0 aliphatic heterocycles. The van der Waals surface area contributed by atoms with Gasteiger partial charge in [-0.25, -0.2) is 4.99 Å². The highest BCUT2D eigenvalue weighted by Gasteiger charge is 2.07. The summed E-state index contributed by atoms with van der Waals surface area (Å²) in [6, 6.07) is 34.5. The van der Waals surface area contributed by atoms with Crippen LogP contribution in [0.3, 0.4) is 0 Å². The van der Waals surface area contributed by atoms with Gasteiger partial charge in [-0.3, -0.25) is 10.4 Å². The number of rotatable bonds is 4. The smallest absolute Gasteiger partial charge is 0.172 e. The van der Waals surface area contributed by atoms with Gasteiger partial charge < -0.3 is 0 Å². The largest absolute Gasteiger partial charge is 0.260 e. The molecule has 0 amide bonds. The van der Waals surface area contributed by atoms with Crippen molar-refractivity contribution in [1.82, 2.24) is 10.4 Å². The van der Waals surface area contributed by atoms with E-state index in [-0.39, 0.29) is 0 Å². The molecular formula is C27H20N4. The average Bonchev–Trinajstić information content (AvgIpc) is 2.84. The summed E-state index contributed by atoms with van der Waals surface area (Å²) in [5.74, 6) is 0.590. The van der Waals surface area contributed by atoms with E-state index in [1.165, 1.54) is 10.8 Å². The van der Waals surface area contributed by atoms with Crippen molar-refractivity contribution in [3.8, 4) is 0 Å². The summed E-state index contributed by atoms with van der Waals surface area (Å²) >= 11 is 0. The van der Waals surface area contributed by atoms with Gasteiger partial charge in [0, 0.05) is 11.8 Å². The van der Waals surface area contributed by atoms with Crippen molar-refractivity contribution in [2.75, 3.05) is 0 Å². The number of aliphatic imine (C=N–C) groups is 1. The highest BCUT2D eigenvalue weighted by atomic mass is 15.3. The van der Waals surface area contributed by atoms with Crippen LogP contribution >= 0.6 is 0 Å². The Morgan fingerprint density at radius 1 is 0.710 bits per heavy atom. The number of para-hydroxylation sites is 1. The third-order valence-corrected chi connectivity index (χ3v) is 5.08. The summed E-state index contributed by atoms with van der Waals surface area (Å²) in [4.78, 5) is 9.15. The standard InChI is InChI=1S/C27H20N4/c1-2-12-22(13-3-1)30-27(26-16-8-9-17-28-26)31-29-19-25-23-14-6-4-10-20(23)18-21-11-5-7-15-24(21)25/h1-19H,(H,30,31)/b29-19-. The van der Waals surface area contributed by atoms with Crippen LogP contribution in [-0.2, 0) is 0 Å². The summed E-state index contributed by atoms with van der Waals surface area (Å²) in [5.41, 5.74) is 5.75. The van der Waals surface area contributed by atoms with Gasteiger partial charge in [0.2, 0.25) is 0 Å². The van der Waals surface area contributed by atoms with Crippen LogP contribution in [0.25, 0.3) is 21.5 Å². The van der Waals surface area contributed by atoms with Gasteiger partial charge in [0.1, 0.15) is 5.69 Å². The monoisotopic (exact) mass is 400 g/mol. The summed E-state index contributed by atoms with van der Waals surface area (Å²) in [5, 5.41) is 9.26. The number of hydrazone groups is 1. The van der Waals surface area contributed by atoms with Gasteiger partial charge in [-0.1, -0.05) is 72.8 Å².